The summed E-state index contributed by atoms with van der Waals surface area (Å²) in [6.45, 7) is 2.80. The van der Waals surface area contributed by atoms with E-state index < -0.39 is 6.04 Å². The van der Waals surface area contributed by atoms with Gasteiger partial charge in [0.15, 0.2) is 0 Å². The van der Waals surface area contributed by atoms with E-state index in [-0.39, 0.29) is 11.8 Å². The topological polar surface area (TPSA) is 40.6 Å². The zero-order chi connectivity index (χ0) is 16.4. The quantitative estimate of drug-likeness (QED) is 0.810. The smallest absolute Gasteiger partial charge is 0.254 e. The van der Waals surface area contributed by atoms with Crippen LogP contribution < -0.4 is 4.90 Å². The Kier molecular flexibility index (Phi) is 4.48. The van der Waals surface area contributed by atoms with Crippen LogP contribution in [0.25, 0.3) is 0 Å². The average molecular weight is 373 g/mol. The van der Waals surface area contributed by atoms with Crippen LogP contribution in [0.5, 0.6) is 0 Å². The lowest BCUT2D eigenvalue weighted by molar-refractivity contribution is -0.124. The first-order valence-corrected chi connectivity index (χ1v) is 8.30. The SMILES string of the molecule is C[C@H]1C(=O)N(c2cccc(Br)c2)CCN1C(=O)c1ccccc1. The molecule has 23 heavy (non-hydrogen) atoms. The van der Waals surface area contributed by atoms with E-state index in [1.807, 2.05) is 42.5 Å². The van der Waals surface area contributed by atoms with Gasteiger partial charge >= 0.3 is 0 Å². The number of hydrogen-bond donors (Lipinski definition) is 0. The number of carbonyl (C=O) groups excluding carboxylic acids is 2. The van der Waals surface area contributed by atoms with Gasteiger partial charge in [-0.05, 0) is 37.3 Å². The lowest BCUT2D eigenvalue weighted by Crippen LogP contribution is -2.57. The molecule has 1 atom stereocenters. The summed E-state index contributed by atoms with van der Waals surface area (Å²) in [5.74, 6) is -0.154. The lowest BCUT2D eigenvalue weighted by atomic mass is 10.1. The van der Waals surface area contributed by atoms with Gasteiger partial charge < -0.3 is 9.80 Å². The fourth-order valence-electron chi connectivity index (χ4n) is 2.79. The van der Waals surface area contributed by atoms with Crippen molar-refractivity contribution in [2.75, 3.05) is 18.0 Å². The summed E-state index contributed by atoms with van der Waals surface area (Å²) in [6.07, 6.45) is 0. The van der Waals surface area contributed by atoms with Crippen molar-refractivity contribution in [1.29, 1.82) is 0 Å². The third kappa shape index (κ3) is 3.15. The molecule has 0 spiro atoms. The van der Waals surface area contributed by atoms with Crippen LogP contribution in [-0.2, 0) is 4.79 Å². The van der Waals surface area contributed by atoms with E-state index in [0.29, 0.717) is 18.7 Å². The molecule has 1 aliphatic heterocycles. The fourth-order valence-corrected chi connectivity index (χ4v) is 3.18. The van der Waals surface area contributed by atoms with E-state index in [9.17, 15) is 9.59 Å². The molecule has 0 saturated carbocycles. The van der Waals surface area contributed by atoms with Crippen molar-refractivity contribution in [1.82, 2.24) is 4.90 Å². The highest BCUT2D eigenvalue weighted by Gasteiger charge is 2.35. The maximum atomic E-state index is 12.7. The zero-order valence-electron chi connectivity index (χ0n) is 12.8. The normalized spacial score (nSPS) is 18.2. The molecule has 0 aromatic heterocycles. The van der Waals surface area contributed by atoms with Crippen molar-refractivity contribution < 1.29 is 9.59 Å². The molecule has 0 N–H and O–H groups in total. The number of anilines is 1. The summed E-state index contributed by atoms with van der Waals surface area (Å²) in [6, 6.07) is 16.3. The van der Waals surface area contributed by atoms with E-state index in [4.69, 9.17) is 0 Å². The van der Waals surface area contributed by atoms with Crippen LogP contribution in [0.15, 0.2) is 59.1 Å². The molecule has 2 amide bonds. The number of benzene rings is 2. The minimum Gasteiger partial charge on any atom is -0.325 e. The highest BCUT2D eigenvalue weighted by Crippen LogP contribution is 2.24. The summed E-state index contributed by atoms with van der Waals surface area (Å²) in [7, 11) is 0. The Hall–Kier alpha value is -2.14. The summed E-state index contributed by atoms with van der Waals surface area (Å²) >= 11 is 3.43. The second-order valence-electron chi connectivity index (χ2n) is 5.51. The first-order valence-electron chi connectivity index (χ1n) is 7.51. The van der Waals surface area contributed by atoms with E-state index in [1.165, 1.54) is 0 Å². The Morgan fingerprint density at radius 1 is 1.09 bits per heavy atom. The van der Waals surface area contributed by atoms with Crippen molar-refractivity contribution in [3.05, 3.63) is 64.6 Å². The minimum absolute atomic E-state index is 0.0568. The highest BCUT2D eigenvalue weighted by molar-refractivity contribution is 9.10. The van der Waals surface area contributed by atoms with Gasteiger partial charge in [-0.25, -0.2) is 0 Å². The molecule has 0 radical (unpaired) electrons. The predicted molar refractivity (Wildman–Crippen MR) is 93.4 cm³/mol. The molecule has 1 fully saturated rings. The largest absolute Gasteiger partial charge is 0.325 e. The first-order chi connectivity index (χ1) is 11.1. The molecule has 1 saturated heterocycles. The van der Waals surface area contributed by atoms with Crippen molar-refractivity contribution in [2.24, 2.45) is 0 Å². The summed E-state index contributed by atoms with van der Waals surface area (Å²) in [5, 5.41) is 0. The second-order valence-corrected chi connectivity index (χ2v) is 6.43. The molecule has 0 unspecified atom stereocenters. The van der Waals surface area contributed by atoms with Crippen molar-refractivity contribution >= 4 is 33.4 Å². The number of halogens is 1. The fraction of sp³-hybridized carbons (Fsp3) is 0.222. The van der Waals surface area contributed by atoms with E-state index in [2.05, 4.69) is 15.9 Å². The Morgan fingerprint density at radius 3 is 2.52 bits per heavy atom. The summed E-state index contributed by atoms with van der Waals surface area (Å²) in [5.41, 5.74) is 1.46. The van der Waals surface area contributed by atoms with Gasteiger partial charge in [-0.15, -0.1) is 0 Å². The van der Waals surface area contributed by atoms with Crippen LogP contribution >= 0.6 is 15.9 Å². The molecular formula is C18H17BrN2O2. The number of nitrogens with zero attached hydrogens (tertiary/aromatic N) is 2. The minimum atomic E-state index is -0.476. The van der Waals surface area contributed by atoms with Crippen molar-refractivity contribution in [3.63, 3.8) is 0 Å². The molecule has 0 aliphatic carbocycles. The molecule has 2 aromatic rings. The Morgan fingerprint density at radius 2 is 1.83 bits per heavy atom. The number of rotatable bonds is 2. The standard InChI is InChI=1S/C18H17BrN2O2/c1-13-17(22)21(16-9-5-8-15(19)12-16)11-10-20(13)18(23)14-6-3-2-4-7-14/h2-9,12-13H,10-11H2,1H3/t13-/m0/s1. The van der Waals surface area contributed by atoms with Crippen LogP contribution in [0.4, 0.5) is 5.69 Å². The van der Waals surface area contributed by atoms with Gasteiger partial charge in [0.25, 0.3) is 5.91 Å². The molecular weight excluding hydrogens is 356 g/mol. The van der Waals surface area contributed by atoms with E-state index in [0.717, 1.165) is 10.2 Å². The Balaban J connectivity index is 1.80. The lowest BCUT2D eigenvalue weighted by Gasteiger charge is -2.39. The van der Waals surface area contributed by atoms with Gasteiger partial charge in [0.1, 0.15) is 6.04 Å². The van der Waals surface area contributed by atoms with Crippen LogP contribution in [0, 0.1) is 0 Å². The molecule has 4 nitrogen and oxygen atoms in total. The summed E-state index contributed by atoms with van der Waals surface area (Å²) in [4.78, 5) is 28.7. The second kappa shape index (κ2) is 6.54. The van der Waals surface area contributed by atoms with Gasteiger partial charge in [-0.1, -0.05) is 40.2 Å². The van der Waals surface area contributed by atoms with E-state index in [1.54, 1.807) is 28.9 Å². The zero-order valence-corrected chi connectivity index (χ0v) is 14.4. The number of hydrogen-bond acceptors (Lipinski definition) is 2. The maximum absolute atomic E-state index is 12.7. The molecule has 1 heterocycles. The highest BCUT2D eigenvalue weighted by atomic mass is 79.9. The molecule has 0 bridgehead atoms. The van der Waals surface area contributed by atoms with Gasteiger partial charge in [-0.2, -0.15) is 0 Å². The van der Waals surface area contributed by atoms with Crippen LogP contribution in [-0.4, -0.2) is 35.8 Å². The third-order valence-corrected chi connectivity index (χ3v) is 4.55. The molecule has 5 heteroatoms. The van der Waals surface area contributed by atoms with Crippen LogP contribution in [0.1, 0.15) is 17.3 Å². The Labute approximate surface area is 143 Å². The average Bonchev–Trinajstić information content (AvgIpc) is 2.57. The predicted octanol–water partition coefficient (Wildman–Crippen LogP) is 3.33. The first kappa shape index (κ1) is 15.7. The number of piperazine rings is 1. The van der Waals surface area contributed by atoms with Crippen LogP contribution in [0.2, 0.25) is 0 Å². The van der Waals surface area contributed by atoms with Crippen LogP contribution in [0.3, 0.4) is 0 Å². The van der Waals surface area contributed by atoms with Gasteiger partial charge in [0.05, 0.1) is 0 Å². The molecule has 3 rings (SSSR count). The van der Waals surface area contributed by atoms with E-state index >= 15 is 0 Å². The monoisotopic (exact) mass is 372 g/mol. The third-order valence-electron chi connectivity index (χ3n) is 4.06. The molecule has 2 aromatic carbocycles. The summed E-state index contributed by atoms with van der Waals surface area (Å²) < 4.78 is 0.929. The van der Waals surface area contributed by atoms with Gasteiger partial charge in [-0.3, -0.25) is 9.59 Å². The molecule has 118 valence electrons. The van der Waals surface area contributed by atoms with Crippen molar-refractivity contribution in [2.45, 2.75) is 13.0 Å². The van der Waals surface area contributed by atoms with Crippen molar-refractivity contribution in [3.8, 4) is 0 Å². The maximum Gasteiger partial charge on any atom is 0.254 e. The Bertz CT molecular complexity index is 733. The number of carbonyl (C=O) groups is 2. The number of amides is 2. The van der Waals surface area contributed by atoms with Gasteiger partial charge in [0.2, 0.25) is 5.91 Å². The molecule has 1 aliphatic rings. The van der Waals surface area contributed by atoms with Gasteiger partial charge in [0, 0.05) is 28.8 Å².